The average Bonchev–Trinajstić information content (AvgIpc) is 3.43. The van der Waals surface area contributed by atoms with Gasteiger partial charge in [0.25, 0.3) is 0 Å². The topological polar surface area (TPSA) is 107 Å². The van der Waals surface area contributed by atoms with Crippen molar-refractivity contribution in [1.29, 1.82) is 0 Å². The van der Waals surface area contributed by atoms with Gasteiger partial charge >= 0.3 is 18.2 Å². The molecule has 1 aliphatic carbocycles. The molecule has 1 amide bonds. The highest BCUT2D eigenvalue weighted by Crippen LogP contribution is 2.44. The third-order valence-electron chi connectivity index (χ3n) is 6.81. The van der Waals surface area contributed by atoms with Crippen LogP contribution in [0.25, 0.3) is 22.0 Å². The fraction of sp³-hybridized carbons (Fsp3) is 0.258. The Morgan fingerprint density at radius 3 is 2.20 bits per heavy atom. The van der Waals surface area contributed by atoms with Gasteiger partial charge in [-0.05, 0) is 60.7 Å². The van der Waals surface area contributed by atoms with Crippen molar-refractivity contribution in [2.24, 2.45) is 0 Å². The number of carboxylic acid groups (broad SMARTS) is 1. The number of halogens is 1. The van der Waals surface area contributed by atoms with Crippen molar-refractivity contribution in [3.8, 4) is 11.1 Å². The molecule has 5 rings (SSSR count). The second kappa shape index (κ2) is 10.5. The number of nitrogens with zero attached hydrogens (tertiary/aromatic N) is 1. The zero-order valence-electron chi connectivity index (χ0n) is 22.3. The van der Waals surface area contributed by atoms with Crippen molar-refractivity contribution in [3.05, 3.63) is 95.4 Å². The van der Waals surface area contributed by atoms with Crippen LogP contribution in [0.3, 0.4) is 0 Å². The van der Waals surface area contributed by atoms with E-state index in [1.807, 2.05) is 48.5 Å². The number of aromatic nitrogens is 1. The lowest BCUT2D eigenvalue weighted by Gasteiger charge is -2.19. The molecule has 9 heteroatoms. The summed E-state index contributed by atoms with van der Waals surface area (Å²) in [7, 11) is 0. The maximum atomic E-state index is 14.9. The summed E-state index contributed by atoms with van der Waals surface area (Å²) in [5.41, 5.74) is 3.85. The second-order valence-electron chi connectivity index (χ2n) is 10.7. The molecule has 3 aromatic carbocycles. The Kier molecular flexibility index (Phi) is 7.06. The van der Waals surface area contributed by atoms with Gasteiger partial charge in [0, 0.05) is 23.9 Å². The molecule has 0 fully saturated rings. The van der Waals surface area contributed by atoms with E-state index in [1.165, 1.54) is 18.3 Å². The maximum absolute atomic E-state index is 14.9. The minimum Gasteiger partial charge on any atom is -0.480 e. The van der Waals surface area contributed by atoms with E-state index in [0.717, 1.165) is 26.8 Å². The van der Waals surface area contributed by atoms with Gasteiger partial charge in [0.2, 0.25) is 0 Å². The highest BCUT2D eigenvalue weighted by Gasteiger charge is 2.31. The van der Waals surface area contributed by atoms with Crippen LogP contribution >= 0.6 is 0 Å². The smallest absolute Gasteiger partial charge is 0.419 e. The highest BCUT2D eigenvalue weighted by molar-refractivity contribution is 5.93. The number of carbonyl (C=O) groups excluding carboxylic acids is 2. The van der Waals surface area contributed by atoms with Gasteiger partial charge in [-0.15, -0.1) is 0 Å². The SMILES string of the molecule is CC(C)(C)OC(=O)n1cc(CC(NC(=O)OCC2c3ccccc3-c3ccccc32)C(=O)O)c2c(F)cccc21. The second-order valence-corrected chi connectivity index (χ2v) is 10.7. The van der Waals surface area contributed by atoms with E-state index in [9.17, 15) is 23.9 Å². The van der Waals surface area contributed by atoms with Crippen LogP contribution in [0.5, 0.6) is 0 Å². The molecule has 2 N–H and O–H groups in total. The molecule has 40 heavy (non-hydrogen) atoms. The summed E-state index contributed by atoms with van der Waals surface area (Å²) < 4.78 is 27.0. The highest BCUT2D eigenvalue weighted by atomic mass is 19.1. The molecule has 0 saturated heterocycles. The third kappa shape index (κ3) is 5.27. The van der Waals surface area contributed by atoms with E-state index in [0.29, 0.717) is 0 Å². The van der Waals surface area contributed by atoms with Gasteiger partial charge in [-0.2, -0.15) is 0 Å². The lowest BCUT2D eigenvalue weighted by Crippen LogP contribution is -2.42. The van der Waals surface area contributed by atoms with Crippen LogP contribution in [-0.2, 0) is 20.7 Å². The summed E-state index contributed by atoms with van der Waals surface area (Å²) >= 11 is 0. The van der Waals surface area contributed by atoms with Crippen LogP contribution in [0.2, 0.25) is 0 Å². The number of amides is 1. The largest absolute Gasteiger partial charge is 0.480 e. The number of hydrogen-bond acceptors (Lipinski definition) is 5. The van der Waals surface area contributed by atoms with Crippen molar-refractivity contribution in [2.45, 2.75) is 44.8 Å². The number of ether oxygens (including phenoxy) is 2. The number of rotatable bonds is 6. The Bertz CT molecular complexity index is 1570. The van der Waals surface area contributed by atoms with Gasteiger partial charge < -0.3 is 19.9 Å². The molecular weight excluding hydrogens is 515 g/mol. The lowest BCUT2D eigenvalue weighted by molar-refractivity contribution is -0.139. The van der Waals surface area contributed by atoms with E-state index in [1.54, 1.807) is 26.8 Å². The number of benzene rings is 3. The number of nitrogens with one attached hydrogen (secondary N) is 1. The molecule has 0 aliphatic heterocycles. The van der Waals surface area contributed by atoms with E-state index >= 15 is 0 Å². The molecule has 1 unspecified atom stereocenters. The standard InChI is InChI=1S/C31H29FN2O6/c1-31(2,3)40-30(38)34-16-18(27-24(32)13-8-14-26(27)34)15-25(28(35)36)33-29(37)39-17-23-21-11-6-4-9-19(21)20-10-5-7-12-22(20)23/h4-14,16,23,25H,15,17H2,1-3H3,(H,33,37)(H,35,36). The normalized spacial score (nSPS) is 13.4. The quantitative estimate of drug-likeness (QED) is 0.304. The van der Waals surface area contributed by atoms with Gasteiger partial charge in [-0.25, -0.2) is 18.8 Å². The van der Waals surface area contributed by atoms with Gasteiger partial charge in [-0.1, -0.05) is 54.6 Å². The minimum absolute atomic E-state index is 0.0127. The lowest BCUT2D eigenvalue weighted by atomic mass is 9.98. The predicted molar refractivity (Wildman–Crippen MR) is 147 cm³/mol. The van der Waals surface area contributed by atoms with Gasteiger partial charge in [0.05, 0.1) is 5.52 Å². The number of carboxylic acids is 1. The van der Waals surface area contributed by atoms with Crippen molar-refractivity contribution in [3.63, 3.8) is 0 Å². The van der Waals surface area contributed by atoms with Crippen molar-refractivity contribution in [1.82, 2.24) is 9.88 Å². The van der Waals surface area contributed by atoms with Crippen LogP contribution in [0, 0.1) is 5.82 Å². The average molecular weight is 545 g/mol. The fourth-order valence-electron chi connectivity index (χ4n) is 5.14. The van der Waals surface area contributed by atoms with Crippen LogP contribution in [0.1, 0.15) is 43.4 Å². The Balaban J connectivity index is 1.34. The number of alkyl carbamates (subject to hydrolysis) is 1. The fourth-order valence-corrected chi connectivity index (χ4v) is 5.14. The molecule has 8 nitrogen and oxygen atoms in total. The molecule has 1 heterocycles. The summed E-state index contributed by atoms with van der Waals surface area (Å²) in [5.74, 6) is -2.15. The van der Waals surface area contributed by atoms with E-state index in [4.69, 9.17) is 9.47 Å². The third-order valence-corrected chi connectivity index (χ3v) is 6.81. The Morgan fingerprint density at radius 2 is 1.60 bits per heavy atom. The Morgan fingerprint density at radius 1 is 0.975 bits per heavy atom. The first kappa shape index (κ1) is 26.9. The summed E-state index contributed by atoms with van der Waals surface area (Å²) in [6, 6.07) is 18.5. The summed E-state index contributed by atoms with van der Waals surface area (Å²) in [5, 5.41) is 12.3. The maximum Gasteiger partial charge on any atom is 0.419 e. The van der Waals surface area contributed by atoms with E-state index < -0.39 is 35.6 Å². The Hall–Kier alpha value is -4.66. The molecule has 1 atom stereocenters. The first-order valence-electron chi connectivity index (χ1n) is 12.9. The molecule has 206 valence electrons. The molecular formula is C31H29FN2O6. The van der Waals surface area contributed by atoms with Crippen LogP contribution in [-0.4, -0.2) is 46.1 Å². The minimum atomic E-state index is -1.44. The summed E-state index contributed by atoms with van der Waals surface area (Å²) in [6.45, 7) is 5.13. The molecule has 0 spiro atoms. The molecule has 0 radical (unpaired) electrons. The number of carbonyl (C=O) groups is 3. The molecule has 1 aromatic heterocycles. The van der Waals surface area contributed by atoms with Crippen LogP contribution in [0.4, 0.5) is 14.0 Å². The summed E-state index contributed by atoms with van der Waals surface area (Å²) in [6.07, 6.45) is -0.583. The van der Waals surface area contributed by atoms with Crippen molar-refractivity contribution >= 4 is 29.1 Å². The van der Waals surface area contributed by atoms with E-state index in [-0.39, 0.29) is 35.4 Å². The molecule has 4 aromatic rings. The number of aliphatic carboxylic acids is 1. The monoisotopic (exact) mass is 544 g/mol. The van der Waals surface area contributed by atoms with Crippen LogP contribution < -0.4 is 5.32 Å². The zero-order valence-corrected chi connectivity index (χ0v) is 22.3. The first-order valence-corrected chi connectivity index (χ1v) is 12.9. The molecule has 0 saturated carbocycles. The van der Waals surface area contributed by atoms with Gasteiger partial charge in [0.1, 0.15) is 24.1 Å². The number of hydrogen-bond donors (Lipinski definition) is 2. The summed E-state index contributed by atoms with van der Waals surface area (Å²) in [4.78, 5) is 37.7. The van der Waals surface area contributed by atoms with E-state index in [2.05, 4.69) is 5.32 Å². The van der Waals surface area contributed by atoms with Crippen LogP contribution in [0.15, 0.2) is 72.9 Å². The van der Waals surface area contributed by atoms with Crippen molar-refractivity contribution in [2.75, 3.05) is 6.61 Å². The van der Waals surface area contributed by atoms with Gasteiger partial charge in [-0.3, -0.25) is 4.57 Å². The predicted octanol–water partition coefficient (Wildman–Crippen LogP) is 6.10. The Labute approximate surface area is 230 Å². The number of fused-ring (bicyclic) bond motifs is 4. The van der Waals surface area contributed by atoms with Gasteiger partial charge in [0.15, 0.2) is 0 Å². The molecule has 1 aliphatic rings. The first-order chi connectivity index (χ1) is 19.0. The zero-order chi connectivity index (χ0) is 28.6. The molecule has 0 bridgehead atoms. The van der Waals surface area contributed by atoms with Crippen molar-refractivity contribution < 1.29 is 33.4 Å².